The molecule has 1 saturated carbocycles. The van der Waals surface area contributed by atoms with Crippen molar-refractivity contribution in [3.63, 3.8) is 0 Å². The van der Waals surface area contributed by atoms with Crippen LogP contribution in [-0.2, 0) is 4.79 Å². The standard InChI is InChI=1S/C12H21NO/c1-9(2)11(14)13-12(4)8-6-5-7-10(12)3/h10H,1,5-8H2,2-4H3,(H,13,14). The second-order valence-electron chi connectivity index (χ2n) is 4.80. The van der Waals surface area contributed by atoms with E-state index in [1.165, 1.54) is 19.3 Å². The molecule has 0 aromatic rings. The maximum Gasteiger partial charge on any atom is 0.246 e. The average Bonchev–Trinajstić information content (AvgIpc) is 2.10. The fourth-order valence-corrected chi connectivity index (χ4v) is 2.06. The van der Waals surface area contributed by atoms with Gasteiger partial charge in [-0.1, -0.05) is 26.3 Å². The second kappa shape index (κ2) is 4.16. The van der Waals surface area contributed by atoms with Crippen LogP contribution in [0.2, 0.25) is 0 Å². The number of amides is 1. The van der Waals surface area contributed by atoms with Crippen LogP contribution in [0.5, 0.6) is 0 Å². The molecule has 2 unspecified atom stereocenters. The summed E-state index contributed by atoms with van der Waals surface area (Å²) < 4.78 is 0. The zero-order chi connectivity index (χ0) is 10.8. The Kier molecular flexibility index (Phi) is 3.35. The van der Waals surface area contributed by atoms with Crippen molar-refractivity contribution in [2.75, 3.05) is 0 Å². The first kappa shape index (κ1) is 11.3. The Labute approximate surface area is 86.8 Å². The molecule has 0 spiro atoms. The van der Waals surface area contributed by atoms with Gasteiger partial charge < -0.3 is 5.32 Å². The van der Waals surface area contributed by atoms with Gasteiger partial charge in [0.15, 0.2) is 0 Å². The van der Waals surface area contributed by atoms with Gasteiger partial charge in [-0.15, -0.1) is 0 Å². The van der Waals surface area contributed by atoms with E-state index in [-0.39, 0.29) is 11.4 Å². The van der Waals surface area contributed by atoms with Crippen molar-refractivity contribution in [1.82, 2.24) is 5.32 Å². The normalized spacial score (nSPS) is 32.4. The van der Waals surface area contributed by atoms with Gasteiger partial charge in [-0.25, -0.2) is 0 Å². The highest BCUT2D eigenvalue weighted by atomic mass is 16.1. The highest BCUT2D eigenvalue weighted by molar-refractivity contribution is 5.92. The summed E-state index contributed by atoms with van der Waals surface area (Å²) in [6, 6.07) is 0. The van der Waals surface area contributed by atoms with Gasteiger partial charge in [-0.2, -0.15) is 0 Å². The Bertz CT molecular complexity index is 247. The van der Waals surface area contributed by atoms with E-state index in [0.29, 0.717) is 11.5 Å². The average molecular weight is 195 g/mol. The summed E-state index contributed by atoms with van der Waals surface area (Å²) in [6.45, 7) is 9.79. The lowest BCUT2D eigenvalue weighted by molar-refractivity contribution is -0.120. The van der Waals surface area contributed by atoms with Crippen LogP contribution in [0.1, 0.15) is 46.5 Å². The molecule has 0 aliphatic heterocycles. The Morgan fingerprint density at radius 1 is 1.50 bits per heavy atom. The Hall–Kier alpha value is -0.790. The molecule has 2 heteroatoms. The van der Waals surface area contributed by atoms with Crippen LogP contribution in [0.3, 0.4) is 0 Å². The van der Waals surface area contributed by atoms with Crippen LogP contribution >= 0.6 is 0 Å². The molecular formula is C12H21NO. The molecule has 0 aromatic heterocycles. The fourth-order valence-electron chi connectivity index (χ4n) is 2.06. The van der Waals surface area contributed by atoms with E-state index in [4.69, 9.17) is 0 Å². The molecule has 0 heterocycles. The summed E-state index contributed by atoms with van der Waals surface area (Å²) in [5.41, 5.74) is 0.581. The van der Waals surface area contributed by atoms with Gasteiger partial charge in [0, 0.05) is 11.1 Å². The first-order valence-electron chi connectivity index (χ1n) is 5.44. The molecule has 1 aliphatic rings. The molecule has 1 rings (SSSR count). The van der Waals surface area contributed by atoms with Crippen molar-refractivity contribution in [2.45, 2.75) is 52.0 Å². The molecule has 80 valence electrons. The van der Waals surface area contributed by atoms with Gasteiger partial charge in [0.05, 0.1) is 0 Å². The maximum absolute atomic E-state index is 11.6. The lowest BCUT2D eigenvalue weighted by atomic mass is 9.75. The quantitative estimate of drug-likeness (QED) is 0.674. The topological polar surface area (TPSA) is 29.1 Å². The summed E-state index contributed by atoms with van der Waals surface area (Å²) in [5.74, 6) is 0.570. The predicted octanol–water partition coefficient (Wildman–Crippen LogP) is 2.65. The van der Waals surface area contributed by atoms with Gasteiger partial charge in [0.1, 0.15) is 0 Å². The van der Waals surface area contributed by atoms with Gasteiger partial charge >= 0.3 is 0 Å². The lowest BCUT2D eigenvalue weighted by Crippen LogP contribution is -2.52. The Morgan fingerprint density at radius 3 is 2.64 bits per heavy atom. The zero-order valence-corrected chi connectivity index (χ0v) is 9.52. The number of carbonyl (C=O) groups is 1. The number of nitrogens with one attached hydrogen (secondary N) is 1. The van der Waals surface area contributed by atoms with Crippen molar-refractivity contribution < 1.29 is 4.79 Å². The third kappa shape index (κ3) is 2.37. The molecule has 1 fully saturated rings. The van der Waals surface area contributed by atoms with Crippen molar-refractivity contribution >= 4 is 5.91 Å². The second-order valence-corrected chi connectivity index (χ2v) is 4.80. The van der Waals surface area contributed by atoms with Crippen molar-refractivity contribution in [1.29, 1.82) is 0 Å². The summed E-state index contributed by atoms with van der Waals surface area (Å²) in [5, 5.41) is 3.11. The van der Waals surface area contributed by atoms with Crippen LogP contribution in [0, 0.1) is 5.92 Å². The molecule has 1 N–H and O–H groups in total. The van der Waals surface area contributed by atoms with E-state index < -0.39 is 0 Å². The first-order valence-corrected chi connectivity index (χ1v) is 5.44. The Balaban J connectivity index is 2.64. The summed E-state index contributed by atoms with van der Waals surface area (Å²) in [6.07, 6.45) is 4.82. The van der Waals surface area contributed by atoms with E-state index in [2.05, 4.69) is 25.7 Å². The monoisotopic (exact) mass is 195 g/mol. The molecule has 0 aromatic carbocycles. The van der Waals surface area contributed by atoms with Crippen LogP contribution in [0.4, 0.5) is 0 Å². The highest BCUT2D eigenvalue weighted by Gasteiger charge is 2.34. The molecule has 1 amide bonds. The number of hydrogen-bond donors (Lipinski definition) is 1. The minimum Gasteiger partial charge on any atom is -0.347 e. The third-order valence-corrected chi connectivity index (χ3v) is 3.46. The molecule has 2 nitrogen and oxygen atoms in total. The predicted molar refractivity (Wildman–Crippen MR) is 59.0 cm³/mol. The minimum atomic E-state index is -0.0196. The first-order chi connectivity index (χ1) is 6.46. The van der Waals surface area contributed by atoms with Gasteiger partial charge in [0.25, 0.3) is 0 Å². The van der Waals surface area contributed by atoms with Crippen LogP contribution in [-0.4, -0.2) is 11.4 Å². The molecule has 0 saturated heterocycles. The van der Waals surface area contributed by atoms with Gasteiger partial charge in [-0.05, 0) is 32.6 Å². The van der Waals surface area contributed by atoms with Gasteiger partial charge in [-0.3, -0.25) is 4.79 Å². The molecule has 1 aliphatic carbocycles. The van der Waals surface area contributed by atoms with E-state index >= 15 is 0 Å². The molecular weight excluding hydrogens is 174 g/mol. The Morgan fingerprint density at radius 2 is 2.14 bits per heavy atom. The summed E-state index contributed by atoms with van der Waals surface area (Å²) in [7, 11) is 0. The van der Waals surface area contributed by atoms with E-state index in [0.717, 1.165) is 6.42 Å². The minimum absolute atomic E-state index is 0.00116. The molecule has 0 radical (unpaired) electrons. The maximum atomic E-state index is 11.6. The van der Waals surface area contributed by atoms with Crippen LogP contribution in [0.25, 0.3) is 0 Å². The largest absolute Gasteiger partial charge is 0.347 e. The zero-order valence-electron chi connectivity index (χ0n) is 9.52. The molecule has 14 heavy (non-hydrogen) atoms. The van der Waals surface area contributed by atoms with E-state index in [1.807, 2.05) is 0 Å². The SMILES string of the molecule is C=C(C)C(=O)NC1(C)CCCCC1C. The molecule has 2 atom stereocenters. The van der Waals surface area contributed by atoms with Crippen LogP contribution < -0.4 is 5.32 Å². The smallest absolute Gasteiger partial charge is 0.246 e. The van der Waals surface area contributed by atoms with Crippen LogP contribution in [0.15, 0.2) is 12.2 Å². The summed E-state index contributed by atoms with van der Waals surface area (Å²) >= 11 is 0. The van der Waals surface area contributed by atoms with Crippen molar-refractivity contribution in [3.8, 4) is 0 Å². The van der Waals surface area contributed by atoms with Gasteiger partial charge in [0.2, 0.25) is 5.91 Å². The third-order valence-electron chi connectivity index (χ3n) is 3.46. The molecule has 0 bridgehead atoms. The lowest BCUT2D eigenvalue weighted by Gasteiger charge is -2.40. The highest BCUT2D eigenvalue weighted by Crippen LogP contribution is 2.33. The number of hydrogen-bond acceptors (Lipinski definition) is 1. The number of rotatable bonds is 2. The van der Waals surface area contributed by atoms with Crippen molar-refractivity contribution in [3.05, 3.63) is 12.2 Å². The summed E-state index contributed by atoms with van der Waals surface area (Å²) in [4.78, 5) is 11.6. The van der Waals surface area contributed by atoms with E-state index in [9.17, 15) is 4.79 Å². The number of carbonyl (C=O) groups excluding carboxylic acids is 1. The fraction of sp³-hybridized carbons (Fsp3) is 0.750. The van der Waals surface area contributed by atoms with Crippen molar-refractivity contribution in [2.24, 2.45) is 5.92 Å². The van der Waals surface area contributed by atoms with E-state index in [1.54, 1.807) is 6.92 Å².